The monoisotopic (exact) mass is 424 g/mol. The molecule has 1 heterocycles. The van der Waals surface area contributed by atoms with Crippen molar-refractivity contribution in [3.05, 3.63) is 121 Å². The van der Waals surface area contributed by atoms with Crippen molar-refractivity contribution in [3.63, 3.8) is 0 Å². The maximum Gasteiger partial charge on any atom is 0.198 e. The minimum atomic E-state index is 0.567. The molecule has 156 valence electrons. The first-order valence-electron chi connectivity index (χ1n) is 10.9. The van der Waals surface area contributed by atoms with Crippen LogP contribution in [0.5, 0.6) is 0 Å². The predicted molar refractivity (Wildman–Crippen MR) is 139 cm³/mol. The van der Waals surface area contributed by atoms with Gasteiger partial charge in [0.15, 0.2) is 17.5 Å². The van der Waals surface area contributed by atoms with Crippen LogP contribution in [0.25, 0.3) is 21.5 Å². The lowest BCUT2D eigenvalue weighted by molar-refractivity contribution is 1.50. The summed E-state index contributed by atoms with van der Waals surface area (Å²) in [6, 6.07) is 39.0. The number of amidine groups is 3. The molecule has 0 amide bonds. The Morgan fingerprint density at radius 1 is 0.545 bits per heavy atom. The van der Waals surface area contributed by atoms with Crippen LogP contribution in [0, 0.1) is 0 Å². The normalized spacial score (nSPS) is 14.5. The van der Waals surface area contributed by atoms with Crippen LogP contribution in [0.2, 0.25) is 0 Å². The van der Waals surface area contributed by atoms with Crippen molar-refractivity contribution >= 4 is 50.4 Å². The minimum Gasteiger partial charge on any atom is -0.337 e. The second-order valence-electron chi connectivity index (χ2n) is 7.92. The summed E-state index contributed by atoms with van der Waals surface area (Å²) in [5.41, 5.74) is 2.75. The molecule has 1 N–H and O–H groups in total. The third-order valence-corrected chi connectivity index (χ3v) is 5.65. The van der Waals surface area contributed by atoms with E-state index in [1.807, 2.05) is 60.7 Å². The Morgan fingerprint density at radius 2 is 1.18 bits per heavy atom. The molecule has 0 spiro atoms. The summed E-state index contributed by atoms with van der Waals surface area (Å²) in [5, 5.41) is 8.14. The van der Waals surface area contributed by atoms with Crippen molar-refractivity contribution in [1.29, 1.82) is 0 Å². The highest BCUT2D eigenvalue weighted by atomic mass is 15.2. The van der Waals surface area contributed by atoms with E-state index in [4.69, 9.17) is 15.0 Å². The van der Waals surface area contributed by atoms with Gasteiger partial charge in [0.05, 0.1) is 5.69 Å². The molecule has 5 aromatic rings. The van der Waals surface area contributed by atoms with E-state index in [1.165, 1.54) is 16.2 Å². The fourth-order valence-corrected chi connectivity index (χ4v) is 3.98. The van der Waals surface area contributed by atoms with Gasteiger partial charge < -0.3 is 5.32 Å². The van der Waals surface area contributed by atoms with E-state index >= 15 is 0 Å². The van der Waals surface area contributed by atoms with Crippen molar-refractivity contribution in [2.45, 2.75) is 0 Å². The van der Waals surface area contributed by atoms with Crippen LogP contribution in [0.1, 0.15) is 5.56 Å². The summed E-state index contributed by atoms with van der Waals surface area (Å²) in [6.45, 7) is 0. The highest BCUT2D eigenvalue weighted by Gasteiger charge is 2.20. The Bertz CT molecular complexity index is 1580. The van der Waals surface area contributed by atoms with Gasteiger partial charge >= 0.3 is 0 Å². The number of aliphatic imine (C=N–C) groups is 3. The lowest BCUT2D eigenvalue weighted by atomic mass is 10.1. The van der Waals surface area contributed by atoms with Gasteiger partial charge in [-0.15, -0.1) is 0 Å². The zero-order valence-electron chi connectivity index (χ0n) is 17.8. The molecule has 0 aliphatic carbocycles. The average molecular weight is 425 g/mol. The third-order valence-electron chi connectivity index (χ3n) is 5.65. The topological polar surface area (TPSA) is 49.1 Å². The summed E-state index contributed by atoms with van der Waals surface area (Å²) in [6.07, 6.45) is 0. The van der Waals surface area contributed by atoms with Gasteiger partial charge in [0.1, 0.15) is 0 Å². The zero-order valence-corrected chi connectivity index (χ0v) is 17.8. The highest BCUT2D eigenvalue weighted by molar-refractivity contribution is 6.51. The van der Waals surface area contributed by atoms with Gasteiger partial charge in [0.25, 0.3) is 0 Å². The second kappa shape index (κ2) is 8.17. The molecule has 0 unspecified atom stereocenters. The largest absolute Gasteiger partial charge is 0.337 e. The summed E-state index contributed by atoms with van der Waals surface area (Å²) in [4.78, 5) is 14.4. The molecule has 1 aliphatic heterocycles. The molecule has 0 aromatic heterocycles. The molecule has 0 fully saturated rings. The van der Waals surface area contributed by atoms with Crippen molar-refractivity contribution in [3.8, 4) is 0 Å². The molecule has 0 saturated heterocycles. The fraction of sp³-hybridized carbons (Fsp3) is 0. The van der Waals surface area contributed by atoms with Crippen molar-refractivity contribution < 1.29 is 0 Å². The van der Waals surface area contributed by atoms with E-state index in [0.29, 0.717) is 17.5 Å². The van der Waals surface area contributed by atoms with Crippen LogP contribution >= 0.6 is 0 Å². The maximum absolute atomic E-state index is 4.86. The molecule has 4 heteroatoms. The number of fused-ring (bicyclic) bond motifs is 2. The van der Waals surface area contributed by atoms with E-state index in [9.17, 15) is 0 Å². The Kier molecular flexibility index (Phi) is 4.74. The second-order valence-corrected chi connectivity index (χ2v) is 7.92. The minimum absolute atomic E-state index is 0.567. The molecule has 4 nitrogen and oxygen atoms in total. The molecule has 33 heavy (non-hydrogen) atoms. The number of benzene rings is 5. The first-order valence-corrected chi connectivity index (χ1v) is 10.9. The predicted octanol–water partition coefficient (Wildman–Crippen LogP) is 6.99. The number of anilines is 1. The summed E-state index contributed by atoms with van der Waals surface area (Å²) < 4.78 is 0. The molecule has 1 aliphatic rings. The number of nitrogens with one attached hydrogen (secondary N) is 1. The lowest BCUT2D eigenvalue weighted by Crippen LogP contribution is -2.18. The van der Waals surface area contributed by atoms with E-state index in [1.54, 1.807) is 0 Å². The third kappa shape index (κ3) is 3.90. The fourth-order valence-electron chi connectivity index (χ4n) is 3.98. The van der Waals surface area contributed by atoms with Crippen LogP contribution in [0.3, 0.4) is 0 Å². The smallest absolute Gasteiger partial charge is 0.198 e. The van der Waals surface area contributed by atoms with Gasteiger partial charge in [0, 0.05) is 11.3 Å². The highest BCUT2D eigenvalue weighted by Crippen LogP contribution is 2.24. The van der Waals surface area contributed by atoms with Crippen molar-refractivity contribution in [2.24, 2.45) is 15.0 Å². The quantitative estimate of drug-likeness (QED) is 0.333. The Hall–Kier alpha value is -4.57. The van der Waals surface area contributed by atoms with Gasteiger partial charge in [-0.3, -0.25) is 0 Å². The molecule has 6 rings (SSSR count). The lowest BCUT2D eigenvalue weighted by Gasteiger charge is -2.08. The first-order chi connectivity index (χ1) is 16.3. The average Bonchev–Trinajstić information content (AvgIpc) is 3.26. The van der Waals surface area contributed by atoms with Crippen LogP contribution in [0.4, 0.5) is 11.4 Å². The van der Waals surface area contributed by atoms with Crippen LogP contribution < -0.4 is 5.32 Å². The van der Waals surface area contributed by atoms with Gasteiger partial charge in [-0.05, 0) is 45.8 Å². The zero-order chi connectivity index (χ0) is 22.0. The Balaban J connectivity index is 1.41. The SMILES string of the molecule is c1ccc(C2=NC(=Nc3ccc4ccccc4c3)C(Nc3ccc4ccccc4c3)=N2)cc1. The maximum atomic E-state index is 4.86. The molecule has 0 atom stereocenters. The standard InChI is InChI=1S/C29H20N4/c1-2-10-22(11-3-1)27-32-28(30-25-16-14-20-8-4-6-12-23(20)18-25)29(33-27)31-26-17-15-21-9-5-7-13-24(21)19-26/h1-19H,(H,30,31,32,33). The molecule has 0 bridgehead atoms. The first kappa shape index (κ1) is 19.1. The van der Waals surface area contributed by atoms with Gasteiger partial charge in [-0.1, -0.05) is 91.0 Å². The molecule has 5 aromatic carbocycles. The van der Waals surface area contributed by atoms with Gasteiger partial charge in [0.2, 0.25) is 0 Å². The van der Waals surface area contributed by atoms with E-state index in [2.05, 4.69) is 59.9 Å². The number of rotatable bonds is 3. The summed E-state index contributed by atoms with van der Waals surface area (Å²) >= 11 is 0. The molecule has 0 radical (unpaired) electrons. The van der Waals surface area contributed by atoms with Crippen LogP contribution in [-0.4, -0.2) is 17.5 Å². The number of hydrogen-bond donors (Lipinski definition) is 1. The van der Waals surface area contributed by atoms with Crippen molar-refractivity contribution in [1.82, 2.24) is 0 Å². The van der Waals surface area contributed by atoms with E-state index < -0.39 is 0 Å². The summed E-state index contributed by atoms with van der Waals surface area (Å²) in [5.74, 6) is 1.85. The van der Waals surface area contributed by atoms with Crippen LogP contribution in [-0.2, 0) is 0 Å². The van der Waals surface area contributed by atoms with Gasteiger partial charge in [-0.25, -0.2) is 15.0 Å². The molecule has 0 saturated carbocycles. The van der Waals surface area contributed by atoms with E-state index in [-0.39, 0.29) is 0 Å². The van der Waals surface area contributed by atoms with Gasteiger partial charge in [-0.2, -0.15) is 0 Å². The summed E-state index contributed by atoms with van der Waals surface area (Å²) in [7, 11) is 0. The van der Waals surface area contributed by atoms with E-state index in [0.717, 1.165) is 22.3 Å². The number of hydrogen-bond acceptors (Lipinski definition) is 3. The number of nitrogens with zero attached hydrogens (tertiary/aromatic N) is 3. The molecular formula is C29H20N4. The molecular weight excluding hydrogens is 404 g/mol. The Morgan fingerprint density at radius 3 is 1.94 bits per heavy atom. The van der Waals surface area contributed by atoms with Crippen LogP contribution in [0.15, 0.2) is 130 Å². The van der Waals surface area contributed by atoms with Crippen molar-refractivity contribution in [2.75, 3.05) is 5.32 Å². The Labute approximate surface area is 191 Å².